The number of ether oxygens (including phenoxy) is 2. The number of hydrogen-bond acceptors (Lipinski definition) is 7. The maximum atomic E-state index is 9.10. The maximum Gasteiger partial charge on any atom is 0.414 e. The van der Waals surface area contributed by atoms with E-state index in [1.54, 1.807) is 0 Å². The maximum absolute atomic E-state index is 9.10. The molecule has 0 atom stereocenters. The normalized spacial score (nSPS) is 15.5. The summed E-state index contributed by atoms with van der Waals surface area (Å²) in [7, 11) is 0. The number of rotatable bonds is 4. The molecule has 9 nitrogen and oxygen atoms in total. The summed E-state index contributed by atoms with van der Waals surface area (Å²) in [6.45, 7) is 8.60. The molecular formula is C25H28N2O7. The Morgan fingerprint density at radius 3 is 2.38 bits per heavy atom. The highest BCUT2D eigenvalue weighted by Crippen LogP contribution is 2.39. The van der Waals surface area contributed by atoms with Crippen molar-refractivity contribution in [2.75, 3.05) is 50.8 Å². The monoisotopic (exact) mass is 468 g/mol. The highest BCUT2D eigenvalue weighted by molar-refractivity contribution is 6.27. The molecule has 2 N–H and O–H groups in total. The van der Waals surface area contributed by atoms with Gasteiger partial charge in [0.05, 0.1) is 12.0 Å². The van der Waals surface area contributed by atoms with Gasteiger partial charge in [0.1, 0.15) is 18.8 Å². The molecule has 2 aromatic carbocycles. The fourth-order valence-corrected chi connectivity index (χ4v) is 4.33. The van der Waals surface area contributed by atoms with Crippen molar-refractivity contribution in [3.05, 3.63) is 53.8 Å². The van der Waals surface area contributed by atoms with Gasteiger partial charge in [-0.25, -0.2) is 9.59 Å². The van der Waals surface area contributed by atoms with E-state index in [1.807, 2.05) is 12.3 Å². The average molecular weight is 469 g/mol. The van der Waals surface area contributed by atoms with Gasteiger partial charge in [0.15, 0.2) is 11.5 Å². The van der Waals surface area contributed by atoms with Crippen molar-refractivity contribution in [1.82, 2.24) is 4.90 Å². The fraction of sp³-hybridized carbons (Fsp3) is 0.360. The first-order chi connectivity index (χ1) is 16.4. The topological polar surface area (TPSA) is 113 Å². The van der Waals surface area contributed by atoms with Crippen LogP contribution in [0.3, 0.4) is 0 Å². The lowest BCUT2D eigenvalue weighted by Gasteiger charge is -2.37. The molecule has 0 unspecified atom stereocenters. The highest BCUT2D eigenvalue weighted by atomic mass is 16.6. The summed E-state index contributed by atoms with van der Waals surface area (Å²) < 4.78 is 17.4. The Kier molecular flexibility index (Phi) is 7.22. The van der Waals surface area contributed by atoms with E-state index in [9.17, 15) is 0 Å². The van der Waals surface area contributed by atoms with Crippen molar-refractivity contribution in [3.8, 4) is 11.5 Å². The molecule has 9 heteroatoms. The molecule has 0 aliphatic carbocycles. The van der Waals surface area contributed by atoms with E-state index >= 15 is 0 Å². The lowest BCUT2D eigenvalue weighted by atomic mass is 10.1. The number of fused-ring (bicyclic) bond motifs is 2. The molecule has 2 aliphatic heterocycles. The summed E-state index contributed by atoms with van der Waals surface area (Å²) in [6, 6.07) is 12.5. The molecular weight excluding hydrogens is 440 g/mol. The zero-order valence-corrected chi connectivity index (χ0v) is 19.0. The standard InChI is InChI=1S/C23H26N2O3.C2H2O4/c1-17-4-2-6-20-22(17)18(16-28-20)8-9-24-10-12-25(13-11-24)19-5-3-7-21-23(19)27-15-14-26-21;3-1(4)2(5)6/h2-7,16H,8-15H2,1H3;(H,3,4)(H,5,6). The van der Waals surface area contributed by atoms with Crippen molar-refractivity contribution < 1.29 is 33.7 Å². The van der Waals surface area contributed by atoms with Gasteiger partial charge in [-0.05, 0) is 42.7 Å². The van der Waals surface area contributed by atoms with Gasteiger partial charge in [-0.3, -0.25) is 4.90 Å². The number of carboxylic acid groups (broad SMARTS) is 2. The number of para-hydroxylation sites is 1. The van der Waals surface area contributed by atoms with Crippen LogP contribution in [0.25, 0.3) is 11.0 Å². The van der Waals surface area contributed by atoms with Crippen molar-refractivity contribution >= 4 is 28.6 Å². The zero-order chi connectivity index (χ0) is 24.1. The number of hydrogen-bond donors (Lipinski definition) is 2. The van der Waals surface area contributed by atoms with Crippen molar-refractivity contribution in [2.24, 2.45) is 0 Å². The Morgan fingerprint density at radius 1 is 0.941 bits per heavy atom. The molecule has 0 saturated carbocycles. The summed E-state index contributed by atoms with van der Waals surface area (Å²) in [4.78, 5) is 23.2. The second-order valence-electron chi connectivity index (χ2n) is 8.20. The number of furan rings is 1. The molecule has 5 rings (SSSR count). The zero-order valence-electron chi connectivity index (χ0n) is 19.0. The van der Waals surface area contributed by atoms with Gasteiger partial charge < -0.3 is 29.0 Å². The van der Waals surface area contributed by atoms with Crippen LogP contribution in [0.4, 0.5) is 5.69 Å². The summed E-state index contributed by atoms with van der Waals surface area (Å²) in [5, 5.41) is 16.1. The Bertz CT molecular complexity index is 1150. The quantitative estimate of drug-likeness (QED) is 0.558. The number of carboxylic acids is 2. The first-order valence-electron chi connectivity index (χ1n) is 11.2. The average Bonchev–Trinajstić information content (AvgIpc) is 3.27. The third kappa shape index (κ3) is 5.26. The molecule has 2 aliphatic rings. The number of aryl methyl sites for hydroxylation is 1. The van der Waals surface area contributed by atoms with Crippen LogP contribution in [0.15, 0.2) is 47.1 Å². The minimum absolute atomic E-state index is 0.627. The number of piperazine rings is 1. The van der Waals surface area contributed by atoms with E-state index in [0.717, 1.165) is 61.9 Å². The van der Waals surface area contributed by atoms with Crippen molar-refractivity contribution in [3.63, 3.8) is 0 Å². The Balaban J connectivity index is 0.000000408. The fourth-order valence-electron chi connectivity index (χ4n) is 4.33. The predicted molar refractivity (Wildman–Crippen MR) is 126 cm³/mol. The van der Waals surface area contributed by atoms with Crippen LogP contribution in [0.5, 0.6) is 11.5 Å². The largest absolute Gasteiger partial charge is 0.486 e. The van der Waals surface area contributed by atoms with Crippen LogP contribution in [-0.2, 0) is 16.0 Å². The lowest BCUT2D eigenvalue weighted by molar-refractivity contribution is -0.159. The van der Waals surface area contributed by atoms with E-state index < -0.39 is 11.9 Å². The van der Waals surface area contributed by atoms with Gasteiger partial charge in [-0.15, -0.1) is 0 Å². The van der Waals surface area contributed by atoms with Crippen LogP contribution < -0.4 is 14.4 Å². The number of anilines is 1. The van der Waals surface area contributed by atoms with Gasteiger partial charge in [-0.1, -0.05) is 18.2 Å². The molecule has 34 heavy (non-hydrogen) atoms. The Hall–Kier alpha value is -3.72. The summed E-state index contributed by atoms with van der Waals surface area (Å²) in [6.07, 6.45) is 2.96. The van der Waals surface area contributed by atoms with E-state index in [1.165, 1.54) is 16.5 Å². The third-order valence-electron chi connectivity index (χ3n) is 6.02. The Morgan fingerprint density at radius 2 is 1.65 bits per heavy atom. The minimum atomic E-state index is -1.82. The van der Waals surface area contributed by atoms with Gasteiger partial charge in [0.25, 0.3) is 0 Å². The van der Waals surface area contributed by atoms with E-state index in [-0.39, 0.29) is 0 Å². The summed E-state index contributed by atoms with van der Waals surface area (Å²) >= 11 is 0. The molecule has 3 heterocycles. The van der Waals surface area contributed by atoms with Gasteiger partial charge in [-0.2, -0.15) is 0 Å². The molecule has 1 aromatic heterocycles. The molecule has 1 fully saturated rings. The molecule has 3 aromatic rings. The molecule has 180 valence electrons. The summed E-state index contributed by atoms with van der Waals surface area (Å²) in [5.41, 5.74) is 4.77. The molecule has 0 bridgehead atoms. The lowest BCUT2D eigenvalue weighted by Crippen LogP contribution is -2.47. The number of benzene rings is 2. The first kappa shape index (κ1) is 23.4. The van der Waals surface area contributed by atoms with Crippen LogP contribution in [-0.4, -0.2) is 73.0 Å². The molecule has 0 radical (unpaired) electrons. The molecule has 0 spiro atoms. The van der Waals surface area contributed by atoms with Crippen molar-refractivity contribution in [1.29, 1.82) is 0 Å². The molecule has 1 saturated heterocycles. The van der Waals surface area contributed by atoms with E-state index in [0.29, 0.717) is 13.2 Å². The highest BCUT2D eigenvalue weighted by Gasteiger charge is 2.23. The first-order valence-corrected chi connectivity index (χ1v) is 11.2. The SMILES string of the molecule is Cc1cccc2occ(CCN3CCN(c4cccc5c4OCCO5)CC3)c12.O=C(O)C(=O)O. The second kappa shape index (κ2) is 10.5. The van der Waals surface area contributed by atoms with Crippen LogP contribution in [0.1, 0.15) is 11.1 Å². The smallest absolute Gasteiger partial charge is 0.414 e. The van der Waals surface area contributed by atoms with Crippen LogP contribution in [0, 0.1) is 6.92 Å². The van der Waals surface area contributed by atoms with E-state index in [4.69, 9.17) is 33.7 Å². The Labute approximate surface area is 197 Å². The van der Waals surface area contributed by atoms with Crippen LogP contribution in [0.2, 0.25) is 0 Å². The molecule has 0 amide bonds. The van der Waals surface area contributed by atoms with Gasteiger partial charge >= 0.3 is 11.9 Å². The summed E-state index contributed by atoms with van der Waals surface area (Å²) in [5.74, 6) is -1.87. The number of carbonyl (C=O) groups is 2. The minimum Gasteiger partial charge on any atom is -0.486 e. The van der Waals surface area contributed by atoms with Gasteiger partial charge in [0.2, 0.25) is 0 Å². The predicted octanol–water partition coefficient (Wildman–Crippen LogP) is 3.03. The third-order valence-corrected chi connectivity index (χ3v) is 6.02. The van der Waals surface area contributed by atoms with Crippen molar-refractivity contribution in [2.45, 2.75) is 13.3 Å². The van der Waals surface area contributed by atoms with E-state index in [2.05, 4.69) is 47.1 Å². The van der Waals surface area contributed by atoms with Crippen LogP contribution >= 0.6 is 0 Å². The second-order valence-corrected chi connectivity index (χ2v) is 8.20. The van der Waals surface area contributed by atoms with Gasteiger partial charge in [0, 0.05) is 38.1 Å². The number of nitrogens with zero attached hydrogens (tertiary/aromatic N) is 2. The number of aliphatic carboxylic acids is 2.